The van der Waals surface area contributed by atoms with E-state index >= 15 is 0 Å². The molecule has 0 aromatic heterocycles. The zero-order chi connectivity index (χ0) is 6.41. The van der Waals surface area contributed by atoms with Gasteiger partial charge in [-0.05, 0) is 24.4 Å². The van der Waals surface area contributed by atoms with E-state index in [0.717, 1.165) is 0 Å². The Hall–Kier alpha value is -0.680. The Morgan fingerprint density at radius 2 is 2.50 bits per heavy atom. The van der Waals surface area contributed by atoms with Crippen LogP contribution in [-0.2, 0) is 9.53 Å². The molecule has 0 aromatic carbocycles. The molecule has 0 rings (SSSR count). The van der Waals surface area contributed by atoms with Crippen molar-refractivity contribution in [3.05, 3.63) is 0 Å². The lowest BCUT2D eigenvalue weighted by molar-refractivity contribution is -0.130. The summed E-state index contributed by atoms with van der Waals surface area (Å²) >= 11 is 4.98. The first-order valence-corrected chi connectivity index (χ1v) is 2.39. The minimum atomic E-state index is -0.398. The quantitative estimate of drug-likeness (QED) is 0.409. The van der Waals surface area contributed by atoms with Crippen LogP contribution < -0.4 is 0 Å². The first-order valence-electron chi connectivity index (χ1n) is 2.01. The summed E-state index contributed by atoms with van der Waals surface area (Å²) in [7, 11) is 0. The molecule has 8 heavy (non-hydrogen) atoms. The summed E-state index contributed by atoms with van der Waals surface area (Å²) in [4.78, 5) is 9.56. The zero-order valence-corrected chi connectivity index (χ0v) is 5.11. The molecule has 0 aliphatic carbocycles. The molecular formula is C5H5ClO2. The lowest BCUT2D eigenvalue weighted by atomic mass is 10.4. The average Bonchev–Trinajstić information content (AvgIpc) is 1.68. The summed E-state index contributed by atoms with van der Waals surface area (Å²) in [6.07, 6.45) is -0.398. The third-order valence-electron chi connectivity index (χ3n) is 0.517. The Balaban J connectivity index is 3.41. The van der Waals surface area contributed by atoms with Crippen LogP contribution in [0.5, 0.6) is 0 Å². The Morgan fingerprint density at radius 3 is 2.88 bits per heavy atom. The molecule has 0 aliphatic rings. The van der Waals surface area contributed by atoms with E-state index in [9.17, 15) is 4.79 Å². The van der Waals surface area contributed by atoms with Gasteiger partial charge in [-0.3, -0.25) is 4.79 Å². The maximum absolute atomic E-state index is 9.56. The first-order chi connectivity index (χ1) is 3.81. The molecule has 0 amide bonds. The van der Waals surface area contributed by atoms with Crippen LogP contribution in [0.1, 0.15) is 6.92 Å². The third-order valence-corrected chi connectivity index (χ3v) is 0.627. The van der Waals surface area contributed by atoms with Gasteiger partial charge >= 0.3 is 0 Å². The summed E-state index contributed by atoms with van der Waals surface area (Å²) in [5.41, 5.74) is 0. The molecule has 2 nitrogen and oxygen atoms in total. The standard InChI is InChI=1S/C5H5ClO2/c1-5(2-3-6)8-4-7/h4-5H,1H3. The van der Waals surface area contributed by atoms with Crippen LogP contribution in [-0.4, -0.2) is 12.6 Å². The second kappa shape index (κ2) is 4.48. The van der Waals surface area contributed by atoms with E-state index in [2.05, 4.69) is 16.0 Å². The van der Waals surface area contributed by atoms with Crippen LogP contribution in [0.2, 0.25) is 0 Å². The van der Waals surface area contributed by atoms with Gasteiger partial charge in [0.25, 0.3) is 6.47 Å². The molecule has 0 saturated heterocycles. The van der Waals surface area contributed by atoms with Gasteiger partial charge < -0.3 is 4.74 Å². The summed E-state index contributed by atoms with van der Waals surface area (Å²) < 4.78 is 4.34. The molecule has 0 aromatic rings. The van der Waals surface area contributed by atoms with Crippen molar-refractivity contribution >= 4 is 18.1 Å². The normalized spacial score (nSPS) is 10.8. The number of ether oxygens (including phenoxy) is 1. The zero-order valence-electron chi connectivity index (χ0n) is 4.35. The summed E-state index contributed by atoms with van der Waals surface area (Å²) in [6, 6.07) is 0. The van der Waals surface area contributed by atoms with Gasteiger partial charge in [-0.15, -0.1) is 0 Å². The van der Waals surface area contributed by atoms with Crippen molar-refractivity contribution in [2.24, 2.45) is 0 Å². The summed E-state index contributed by atoms with van der Waals surface area (Å²) in [6.45, 7) is 1.97. The minimum absolute atomic E-state index is 0.339. The molecule has 44 valence electrons. The summed E-state index contributed by atoms with van der Waals surface area (Å²) in [5, 5.41) is 2.09. The van der Waals surface area contributed by atoms with E-state index in [4.69, 9.17) is 11.6 Å². The fourth-order valence-electron chi connectivity index (χ4n) is 0.194. The molecule has 3 heteroatoms. The van der Waals surface area contributed by atoms with Gasteiger partial charge in [-0.1, -0.05) is 0 Å². The predicted octanol–water partition coefficient (Wildman–Crippen LogP) is 0.748. The van der Waals surface area contributed by atoms with Gasteiger partial charge in [-0.2, -0.15) is 0 Å². The van der Waals surface area contributed by atoms with E-state index in [0.29, 0.717) is 6.47 Å². The van der Waals surface area contributed by atoms with Crippen molar-refractivity contribution in [2.45, 2.75) is 13.0 Å². The molecule has 1 unspecified atom stereocenters. The number of halogens is 1. The number of hydrogen-bond acceptors (Lipinski definition) is 2. The highest BCUT2D eigenvalue weighted by Gasteiger charge is 1.90. The van der Waals surface area contributed by atoms with Crippen LogP contribution in [0.3, 0.4) is 0 Å². The van der Waals surface area contributed by atoms with Gasteiger partial charge in [0.05, 0.1) is 0 Å². The van der Waals surface area contributed by atoms with Crippen LogP contribution in [0.15, 0.2) is 0 Å². The van der Waals surface area contributed by atoms with E-state index in [1.54, 1.807) is 6.92 Å². The fraction of sp³-hybridized carbons (Fsp3) is 0.400. The van der Waals surface area contributed by atoms with E-state index < -0.39 is 6.10 Å². The number of rotatable bonds is 2. The molecule has 1 atom stereocenters. The molecule has 0 fully saturated rings. The van der Waals surface area contributed by atoms with Crippen molar-refractivity contribution in [1.29, 1.82) is 0 Å². The molecule has 0 saturated carbocycles. The van der Waals surface area contributed by atoms with Gasteiger partial charge in [0.1, 0.15) is 0 Å². The van der Waals surface area contributed by atoms with Crippen LogP contribution in [0.25, 0.3) is 0 Å². The Kier molecular flexibility index (Phi) is 4.10. The minimum Gasteiger partial charge on any atom is -0.452 e. The number of carbonyl (C=O) groups is 1. The molecule has 0 N–H and O–H groups in total. The molecule has 0 radical (unpaired) electrons. The number of hydrogen-bond donors (Lipinski definition) is 0. The molecule has 0 spiro atoms. The number of carbonyl (C=O) groups excluding carboxylic acids is 1. The van der Waals surface area contributed by atoms with E-state index in [1.807, 2.05) is 0 Å². The second-order valence-corrected chi connectivity index (χ2v) is 1.30. The molecule has 0 bridgehead atoms. The topological polar surface area (TPSA) is 26.3 Å². The van der Waals surface area contributed by atoms with Crippen LogP contribution in [0, 0.1) is 11.3 Å². The van der Waals surface area contributed by atoms with Crippen molar-refractivity contribution < 1.29 is 9.53 Å². The van der Waals surface area contributed by atoms with Crippen LogP contribution >= 0.6 is 11.6 Å². The Bertz CT molecular complexity index is 122. The monoisotopic (exact) mass is 132 g/mol. The lowest BCUT2D eigenvalue weighted by Gasteiger charge is -1.95. The van der Waals surface area contributed by atoms with Gasteiger partial charge in [0.2, 0.25) is 0 Å². The smallest absolute Gasteiger partial charge is 0.294 e. The van der Waals surface area contributed by atoms with E-state index in [-0.39, 0.29) is 0 Å². The Labute approximate surface area is 52.8 Å². The highest BCUT2D eigenvalue weighted by molar-refractivity contribution is 6.30. The SMILES string of the molecule is CC(C#CCl)OC=O. The summed E-state index contributed by atoms with van der Waals surface area (Å²) in [5.74, 6) is 2.41. The molecular weight excluding hydrogens is 128 g/mol. The highest BCUT2D eigenvalue weighted by atomic mass is 35.5. The third kappa shape index (κ3) is 3.51. The van der Waals surface area contributed by atoms with Crippen molar-refractivity contribution in [3.8, 4) is 11.3 Å². The maximum atomic E-state index is 9.56. The van der Waals surface area contributed by atoms with Gasteiger partial charge in [0.15, 0.2) is 6.10 Å². The van der Waals surface area contributed by atoms with Crippen LogP contribution in [0.4, 0.5) is 0 Å². The van der Waals surface area contributed by atoms with E-state index in [1.165, 1.54) is 0 Å². The maximum Gasteiger partial charge on any atom is 0.294 e. The van der Waals surface area contributed by atoms with Crippen molar-refractivity contribution in [2.75, 3.05) is 0 Å². The highest BCUT2D eigenvalue weighted by Crippen LogP contribution is 1.82. The predicted molar refractivity (Wildman–Crippen MR) is 30.2 cm³/mol. The Morgan fingerprint density at radius 1 is 1.88 bits per heavy atom. The van der Waals surface area contributed by atoms with Gasteiger partial charge in [0, 0.05) is 5.38 Å². The van der Waals surface area contributed by atoms with Crippen molar-refractivity contribution in [1.82, 2.24) is 0 Å². The molecule has 0 aliphatic heterocycles. The molecule has 0 heterocycles. The average molecular weight is 133 g/mol. The lowest BCUT2D eigenvalue weighted by Crippen LogP contribution is -2.01. The largest absolute Gasteiger partial charge is 0.452 e. The van der Waals surface area contributed by atoms with Crippen molar-refractivity contribution in [3.63, 3.8) is 0 Å². The first kappa shape index (κ1) is 7.32. The fourth-order valence-corrected chi connectivity index (χ4v) is 0.348. The van der Waals surface area contributed by atoms with Gasteiger partial charge in [-0.25, -0.2) is 0 Å². The second-order valence-electron chi connectivity index (χ2n) is 1.11.